The van der Waals surface area contributed by atoms with Gasteiger partial charge in [0, 0.05) is 18.8 Å². The monoisotopic (exact) mass is 187 g/mol. The van der Waals surface area contributed by atoms with Crippen molar-refractivity contribution < 1.29 is 19.4 Å². The van der Waals surface area contributed by atoms with E-state index in [1.165, 1.54) is 6.20 Å². The second-order valence-corrected chi connectivity index (χ2v) is 2.18. The standard InChI is InChI=1S/C8H13NO4/c1-2-13-8(12)4-6-9-5-3-7(10)11/h3,5,9H,2,4,6H2,1H3,(H,10,11)/b5-3+. The average Bonchev–Trinajstić information content (AvgIpc) is 2.03. The number of carbonyl (C=O) groups excluding carboxylic acids is 1. The van der Waals surface area contributed by atoms with E-state index in [-0.39, 0.29) is 12.4 Å². The lowest BCUT2D eigenvalue weighted by atomic mass is 10.4. The molecule has 5 nitrogen and oxygen atoms in total. The van der Waals surface area contributed by atoms with Gasteiger partial charge in [-0.15, -0.1) is 0 Å². The predicted octanol–water partition coefficient (Wildman–Crippen LogP) is 0.127. The second kappa shape index (κ2) is 7.15. The Kier molecular flexibility index (Phi) is 6.31. The molecule has 0 aromatic carbocycles. The molecule has 13 heavy (non-hydrogen) atoms. The highest BCUT2D eigenvalue weighted by atomic mass is 16.5. The molecule has 5 heteroatoms. The first kappa shape index (κ1) is 11.5. The Morgan fingerprint density at radius 2 is 2.23 bits per heavy atom. The molecule has 0 saturated carbocycles. The fourth-order valence-corrected chi connectivity index (χ4v) is 0.621. The van der Waals surface area contributed by atoms with Crippen molar-refractivity contribution in [3.8, 4) is 0 Å². The summed E-state index contributed by atoms with van der Waals surface area (Å²) in [7, 11) is 0. The lowest BCUT2D eigenvalue weighted by Gasteiger charge is -2.00. The lowest BCUT2D eigenvalue weighted by Crippen LogP contribution is -2.14. The molecule has 0 atom stereocenters. The molecule has 0 fully saturated rings. The molecule has 0 heterocycles. The van der Waals surface area contributed by atoms with Crippen molar-refractivity contribution in [2.75, 3.05) is 13.2 Å². The summed E-state index contributed by atoms with van der Waals surface area (Å²) in [6.45, 7) is 2.47. The average molecular weight is 187 g/mol. The summed E-state index contributed by atoms with van der Waals surface area (Å²) < 4.78 is 4.65. The largest absolute Gasteiger partial charge is 0.478 e. The highest BCUT2D eigenvalue weighted by molar-refractivity contribution is 5.79. The highest BCUT2D eigenvalue weighted by Gasteiger charge is 1.98. The van der Waals surface area contributed by atoms with Crippen LogP contribution in [0.3, 0.4) is 0 Å². The summed E-state index contributed by atoms with van der Waals surface area (Å²) in [5, 5.41) is 10.8. The van der Waals surface area contributed by atoms with Gasteiger partial charge in [-0.25, -0.2) is 4.79 Å². The number of hydrogen-bond acceptors (Lipinski definition) is 4. The summed E-state index contributed by atoms with van der Waals surface area (Å²) in [4.78, 5) is 20.7. The summed E-state index contributed by atoms with van der Waals surface area (Å²) in [5.74, 6) is -1.32. The van der Waals surface area contributed by atoms with E-state index < -0.39 is 5.97 Å². The van der Waals surface area contributed by atoms with Gasteiger partial charge in [-0.2, -0.15) is 0 Å². The molecule has 0 radical (unpaired) electrons. The van der Waals surface area contributed by atoms with Crippen molar-refractivity contribution in [3.05, 3.63) is 12.3 Å². The number of esters is 1. The zero-order chi connectivity index (χ0) is 10.1. The van der Waals surface area contributed by atoms with E-state index in [1.807, 2.05) is 0 Å². The minimum atomic E-state index is -1.02. The topological polar surface area (TPSA) is 75.6 Å². The Balaban J connectivity index is 3.35. The second-order valence-electron chi connectivity index (χ2n) is 2.18. The van der Waals surface area contributed by atoms with Gasteiger partial charge in [0.2, 0.25) is 0 Å². The number of nitrogens with one attached hydrogen (secondary N) is 1. The Hall–Kier alpha value is -1.52. The maximum atomic E-state index is 10.7. The van der Waals surface area contributed by atoms with Crippen molar-refractivity contribution in [3.63, 3.8) is 0 Å². The molecule has 0 aliphatic rings. The molecule has 0 amide bonds. The quantitative estimate of drug-likeness (QED) is 0.351. The molecule has 0 aliphatic heterocycles. The van der Waals surface area contributed by atoms with E-state index >= 15 is 0 Å². The fourth-order valence-electron chi connectivity index (χ4n) is 0.621. The third-order valence-electron chi connectivity index (χ3n) is 1.12. The molecule has 0 aromatic rings. The van der Waals surface area contributed by atoms with Gasteiger partial charge in [0.1, 0.15) is 0 Å². The molecule has 0 saturated heterocycles. The number of carboxylic acid groups (broad SMARTS) is 1. The van der Waals surface area contributed by atoms with Gasteiger partial charge in [-0.1, -0.05) is 0 Å². The number of carbonyl (C=O) groups is 2. The first-order valence-electron chi connectivity index (χ1n) is 3.95. The molecule has 0 aliphatic carbocycles. The first-order valence-corrected chi connectivity index (χ1v) is 3.95. The highest BCUT2D eigenvalue weighted by Crippen LogP contribution is 1.83. The predicted molar refractivity (Wildman–Crippen MR) is 46.0 cm³/mol. The molecule has 0 spiro atoms. The van der Waals surface area contributed by atoms with E-state index in [0.717, 1.165) is 6.08 Å². The van der Waals surface area contributed by atoms with Crippen molar-refractivity contribution >= 4 is 11.9 Å². The third-order valence-corrected chi connectivity index (χ3v) is 1.12. The Morgan fingerprint density at radius 1 is 1.54 bits per heavy atom. The maximum Gasteiger partial charge on any atom is 0.329 e. The molecule has 74 valence electrons. The molecule has 2 N–H and O–H groups in total. The Bertz CT molecular complexity index is 200. The van der Waals surface area contributed by atoms with Gasteiger partial charge < -0.3 is 15.2 Å². The SMILES string of the molecule is CCOC(=O)CCN/C=C/C(=O)O. The fraction of sp³-hybridized carbons (Fsp3) is 0.500. The Morgan fingerprint density at radius 3 is 2.77 bits per heavy atom. The van der Waals surface area contributed by atoms with Crippen LogP contribution in [0.25, 0.3) is 0 Å². The van der Waals surface area contributed by atoms with Crippen molar-refractivity contribution in [1.29, 1.82) is 0 Å². The van der Waals surface area contributed by atoms with Crippen molar-refractivity contribution in [1.82, 2.24) is 5.32 Å². The van der Waals surface area contributed by atoms with Gasteiger partial charge in [-0.05, 0) is 6.92 Å². The van der Waals surface area contributed by atoms with Crippen LogP contribution in [-0.2, 0) is 14.3 Å². The molecule has 0 unspecified atom stereocenters. The Labute approximate surface area is 76.4 Å². The minimum Gasteiger partial charge on any atom is -0.478 e. The number of ether oxygens (including phenoxy) is 1. The zero-order valence-corrected chi connectivity index (χ0v) is 7.45. The van der Waals surface area contributed by atoms with E-state index in [2.05, 4.69) is 10.1 Å². The molecule has 0 bridgehead atoms. The van der Waals surface area contributed by atoms with E-state index in [9.17, 15) is 9.59 Å². The van der Waals surface area contributed by atoms with Crippen LogP contribution in [0.1, 0.15) is 13.3 Å². The molecular weight excluding hydrogens is 174 g/mol. The third kappa shape index (κ3) is 8.39. The summed E-state index contributed by atoms with van der Waals surface area (Å²) in [5.41, 5.74) is 0. The summed E-state index contributed by atoms with van der Waals surface area (Å²) >= 11 is 0. The van der Waals surface area contributed by atoms with Crippen molar-refractivity contribution in [2.45, 2.75) is 13.3 Å². The minimum absolute atomic E-state index is 0.234. The first-order chi connectivity index (χ1) is 6.16. The van der Waals surface area contributed by atoms with Gasteiger partial charge in [-0.3, -0.25) is 4.79 Å². The number of aliphatic carboxylic acids is 1. The lowest BCUT2D eigenvalue weighted by molar-refractivity contribution is -0.142. The number of carboxylic acids is 1. The van der Waals surface area contributed by atoms with Crippen molar-refractivity contribution in [2.24, 2.45) is 0 Å². The van der Waals surface area contributed by atoms with E-state index in [1.54, 1.807) is 6.92 Å². The van der Waals surface area contributed by atoms with Gasteiger partial charge >= 0.3 is 11.9 Å². The van der Waals surface area contributed by atoms with Crippen LogP contribution in [0, 0.1) is 0 Å². The van der Waals surface area contributed by atoms with E-state index in [0.29, 0.717) is 13.2 Å². The maximum absolute atomic E-state index is 10.7. The smallest absolute Gasteiger partial charge is 0.329 e. The van der Waals surface area contributed by atoms with E-state index in [4.69, 9.17) is 5.11 Å². The summed E-state index contributed by atoms with van der Waals surface area (Å²) in [6.07, 6.45) is 2.48. The van der Waals surface area contributed by atoms with Gasteiger partial charge in [0.25, 0.3) is 0 Å². The van der Waals surface area contributed by atoms with Crippen LogP contribution in [0.5, 0.6) is 0 Å². The van der Waals surface area contributed by atoms with Crippen LogP contribution in [0.4, 0.5) is 0 Å². The number of hydrogen-bond donors (Lipinski definition) is 2. The normalized spacial score (nSPS) is 9.92. The van der Waals surface area contributed by atoms with Crippen LogP contribution in [0.15, 0.2) is 12.3 Å². The van der Waals surface area contributed by atoms with Gasteiger partial charge in [0.05, 0.1) is 13.0 Å². The molecule has 0 aromatic heterocycles. The zero-order valence-electron chi connectivity index (χ0n) is 7.45. The summed E-state index contributed by atoms with van der Waals surface area (Å²) in [6, 6.07) is 0. The molecule has 0 rings (SSSR count). The van der Waals surface area contributed by atoms with Crippen LogP contribution >= 0.6 is 0 Å². The number of rotatable bonds is 6. The van der Waals surface area contributed by atoms with Crippen LogP contribution < -0.4 is 5.32 Å². The van der Waals surface area contributed by atoms with Crippen LogP contribution in [-0.4, -0.2) is 30.2 Å². The van der Waals surface area contributed by atoms with Gasteiger partial charge in [0.15, 0.2) is 0 Å². The van der Waals surface area contributed by atoms with Crippen LogP contribution in [0.2, 0.25) is 0 Å². The molecular formula is C8H13NO4.